The summed E-state index contributed by atoms with van der Waals surface area (Å²) in [4.78, 5) is 26.8. The summed E-state index contributed by atoms with van der Waals surface area (Å²) in [6.45, 7) is 6.96. The van der Waals surface area contributed by atoms with Crippen LogP contribution in [-0.2, 0) is 11.2 Å². The number of aryl methyl sites for hydroxylation is 1. The van der Waals surface area contributed by atoms with E-state index in [0.717, 1.165) is 6.42 Å². The van der Waals surface area contributed by atoms with Crippen molar-refractivity contribution in [2.24, 2.45) is 0 Å². The Morgan fingerprint density at radius 2 is 2.05 bits per heavy atom. The zero-order valence-electron chi connectivity index (χ0n) is 12.6. The molecule has 1 aromatic rings. The number of thiophene rings is 1. The number of carbonyl (C=O) groups is 2. The van der Waals surface area contributed by atoms with Gasteiger partial charge in [0, 0.05) is 29.3 Å². The highest BCUT2D eigenvalue weighted by Crippen LogP contribution is 2.17. The van der Waals surface area contributed by atoms with Gasteiger partial charge in [0.2, 0.25) is 0 Å². The van der Waals surface area contributed by atoms with Crippen LogP contribution >= 0.6 is 11.3 Å². The Bertz CT molecular complexity index is 496. The van der Waals surface area contributed by atoms with Crippen molar-refractivity contribution in [3.8, 4) is 0 Å². The van der Waals surface area contributed by atoms with Gasteiger partial charge in [-0.25, -0.2) is 9.59 Å². The largest absolute Gasteiger partial charge is 0.480 e. The molecule has 2 N–H and O–H groups in total. The first-order valence-corrected chi connectivity index (χ1v) is 7.29. The fourth-order valence-corrected chi connectivity index (χ4v) is 2.67. The summed E-state index contributed by atoms with van der Waals surface area (Å²) >= 11 is 1.70. The molecule has 0 fully saturated rings. The lowest BCUT2D eigenvalue weighted by atomic mass is 10.0. The second-order valence-electron chi connectivity index (χ2n) is 5.49. The highest BCUT2D eigenvalue weighted by atomic mass is 32.1. The number of nitrogens with zero attached hydrogens (tertiary/aromatic N) is 1. The van der Waals surface area contributed by atoms with Gasteiger partial charge in [-0.15, -0.1) is 11.3 Å². The maximum absolute atomic E-state index is 12.1. The molecule has 1 unspecified atom stereocenters. The molecule has 0 aliphatic carbocycles. The predicted octanol–water partition coefficient (Wildman–Crippen LogP) is 2.49. The molecule has 0 spiro atoms. The van der Waals surface area contributed by atoms with Gasteiger partial charge in [0.1, 0.15) is 5.54 Å². The molecular weight excluding hydrogens is 276 g/mol. The highest BCUT2D eigenvalue weighted by Gasteiger charge is 2.35. The Kier molecular flexibility index (Phi) is 5.16. The Morgan fingerprint density at radius 1 is 1.45 bits per heavy atom. The van der Waals surface area contributed by atoms with Crippen molar-refractivity contribution in [3.63, 3.8) is 0 Å². The van der Waals surface area contributed by atoms with Gasteiger partial charge < -0.3 is 15.3 Å². The van der Waals surface area contributed by atoms with E-state index in [4.69, 9.17) is 5.11 Å². The number of amides is 2. The summed E-state index contributed by atoms with van der Waals surface area (Å²) in [6.07, 6.45) is 0.742. The van der Waals surface area contributed by atoms with Crippen molar-refractivity contribution >= 4 is 23.3 Å². The Labute approximate surface area is 123 Å². The molecule has 0 saturated heterocycles. The van der Waals surface area contributed by atoms with Gasteiger partial charge in [0.05, 0.1) is 0 Å². The molecule has 112 valence electrons. The van der Waals surface area contributed by atoms with Gasteiger partial charge in [-0.05, 0) is 39.8 Å². The molecule has 20 heavy (non-hydrogen) atoms. The van der Waals surface area contributed by atoms with Crippen LogP contribution in [-0.4, -0.2) is 40.6 Å². The third-order valence-corrected chi connectivity index (χ3v) is 4.36. The lowest BCUT2D eigenvalue weighted by Gasteiger charge is -2.32. The van der Waals surface area contributed by atoms with E-state index < -0.39 is 11.5 Å². The molecule has 1 aromatic heterocycles. The second kappa shape index (κ2) is 6.26. The van der Waals surface area contributed by atoms with E-state index in [0.29, 0.717) is 0 Å². The van der Waals surface area contributed by atoms with Gasteiger partial charge in [-0.2, -0.15) is 0 Å². The van der Waals surface area contributed by atoms with Gasteiger partial charge in [0.15, 0.2) is 0 Å². The van der Waals surface area contributed by atoms with E-state index in [1.165, 1.54) is 35.5 Å². The first kappa shape index (κ1) is 16.5. The summed E-state index contributed by atoms with van der Waals surface area (Å²) in [5.41, 5.74) is -1.23. The van der Waals surface area contributed by atoms with Crippen LogP contribution in [0.3, 0.4) is 0 Å². The summed E-state index contributed by atoms with van der Waals surface area (Å²) in [5, 5.41) is 11.9. The molecule has 2 amide bonds. The van der Waals surface area contributed by atoms with Crippen molar-refractivity contribution < 1.29 is 14.7 Å². The third-order valence-electron chi connectivity index (χ3n) is 3.34. The van der Waals surface area contributed by atoms with Crippen molar-refractivity contribution in [1.82, 2.24) is 10.2 Å². The second-order valence-corrected chi connectivity index (χ2v) is 6.86. The average molecular weight is 298 g/mol. The molecule has 0 aliphatic rings. The number of carboxylic acids is 1. The van der Waals surface area contributed by atoms with Gasteiger partial charge >= 0.3 is 12.0 Å². The lowest BCUT2D eigenvalue weighted by molar-refractivity contribution is -0.146. The molecule has 5 nitrogen and oxygen atoms in total. The zero-order valence-corrected chi connectivity index (χ0v) is 13.4. The van der Waals surface area contributed by atoms with Gasteiger partial charge in [0.25, 0.3) is 0 Å². The number of nitrogens with one attached hydrogen (secondary N) is 1. The standard InChI is InChI=1S/C14H22N2O3S/c1-9(8-11-7-6-10(2)20-11)15-13(19)16(5)14(3,4)12(17)18/h6-7,9H,8H2,1-5H3,(H,15,19)(H,17,18). The molecule has 1 rings (SSSR count). The number of likely N-dealkylation sites (N-methyl/N-ethyl adjacent to an activating group) is 1. The number of rotatable bonds is 5. The first-order valence-electron chi connectivity index (χ1n) is 6.47. The summed E-state index contributed by atoms with van der Waals surface area (Å²) < 4.78 is 0. The van der Waals surface area contributed by atoms with Crippen LogP contribution in [0.1, 0.15) is 30.5 Å². The van der Waals surface area contributed by atoms with E-state index in [1.807, 2.05) is 26.0 Å². The maximum Gasteiger partial charge on any atom is 0.329 e. The SMILES string of the molecule is Cc1ccc(CC(C)NC(=O)N(C)C(C)(C)C(=O)O)s1. The number of hydrogen-bond donors (Lipinski definition) is 2. The van der Waals surface area contributed by atoms with Crippen molar-refractivity contribution in [1.29, 1.82) is 0 Å². The number of carboxylic acid groups (broad SMARTS) is 1. The molecule has 0 bridgehead atoms. The minimum Gasteiger partial charge on any atom is -0.480 e. The Morgan fingerprint density at radius 3 is 2.50 bits per heavy atom. The summed E-state index contributed by atoms with van der Waals surface area (Å²) in [5.74, 6) is -1.03. The monoisotopic (exact) mass is 298 g/mol. The predicted molar refractivity (Wildman–Crippen MR) is 80.2 cm³/mol. The van der Waals surface area contributed by atoms with Crippen LogP contribution in [0.2, 0.25) is 0 Å². The molecule has 0 aromatic carbocycles. The van der Waals surface area contributed by atoms with Crippen molar-refractivity contribution in [2.45, 2.75) is 45.7 Å². The van der Waals surface area contributed by atoms with E-state index >= 15 is 0 Å². The minimum atomic E-state index is -1.23. The van der Waals surface area contributed by atoms with Crippen LogP contribution in [0, 0.1) is 6.92 Å². The minimum absolute atomic E-state index is 0.0485. The van der Waals surface area contributed by atoms with Gasteiger partial charge in [-0.1, -0.05) is 0 Å². The fourth-order valence-electron chi connectivity index (χ4n) is 1.65. The number of hydrogen-bond acceptors (Lipinski definition) is 3. The molecule has 0 saturated carbocycles. The van der Waals surface area contributed by atoms with E-state index in [-0.39, 0.29) is 12.1 Å². The summed E-state index contributed by atoms with van der Waals surface area (Å²) in [6, 6.07) is 3.67. The molecular formula is C14H22N2O3S. The number of aliphatic carboxylic acids is 1. The maximum atomic E-state index is 12.1. The smallest absolute Gasteiger partial charge is 0.329 e. The molecule has 6 heteroatoms. The lowest BCUT2D eigenvalue weighted by Crippen LogP contribution is -2.55. The van der Waals surface area contributed by atoms with E-state index in [1.54, 1.807) is 11.3 Å². The summed E-state index contributed by atoms with van der Waals surface area (Å²) in [7, 11) is 1.49. The number of urea groups is 1. The van der Waals surface area contributed by atoms with Crippen molar-refractivity contribution in [2.75, 3.05) is 7.05 Å². The van der Waals surface area contributed by atoms with E-state index in [9.17, 15) is 9.59 Å². The zero-order chi connectivity index (χ0) is 15.5. The highest BCUT2D eigenvalue weighted by molar-refractivity contribution is 7.11. The molecule has 0 aliphatic heterocycles. The van der Waals surface area contributed by atoms with Gasteiger partial charge in [-0.3, -0.25) is 0 Å². The van der Waals surface area contributed by atoms with Crippen LogP contribution in [0.5, 0.6) is 0 Å². The molecule has 0 radical (unpaired) electrons. The van der Waals surface area contributed by atoms with Crippen LogP contribution in [0.4, 0.5) is 4.79 Å². The van der Waals surface area contributed by atoms with Crippen LogP contribution in [0.25, 0.3) is 0 Å². The van der Waals surface area contributed by atoms with E-state index in [2.05, 4.69) is 5.32 Å². The number of carbonyl (C=O) groups excluding carboxylic acids is 1. The average Bonchev–Trinajstić information content (AvgIpc) is 2.72. The Hall–Kier alpha value is -1.56. The Balaban J connectivity index is 2.59. The molecule has 1 heterocycles. The van der Waals surface area contributed by atoms with Crippen LogP contribution in [0.15, 0.2) is 12.1 Å². The fraction of sp³-hybridized carbons (Fsp3) is 0.571. The molecule has 1 atom stereocenters. The quantitative estimate of drug-likeness (QED) is 0.877. The normalized spacial score (nSPS) is 12.8. The van der Waals surface area contributed by atoms with Crippen molar-refractivity contribution in [3.05, 3.63) is 21.9 Å². The first-order chi connectivity index (χ1) is 9.14. The topological polar surface area (TPSA) is 69.6 Å². The van der Waals surface area contributed by atoms with Crippen LogP contribution < -0.4 is 5.32 Å². The third kappa shape index (κ3) is 3.96.